The summed E-state index contributed by atoms with van der Waals surface area (Å²) in [5, 5.41) is 3.99. The number of nitrogens with zero attached hydrogens (tertiary/aromatic N) is 5. The third-order valence-electron chi connectivity index (χ3n) is 4.07. The van der Waals surface area contributed by atoms with E-state index in [1.54, 1.807) is 35.6 Å². The molecule has 8 heteroatoms. The van der Waals surface area contributed by atoms with E-state index in [9.17, 15) is 4.79 Å². The van der Waals surface area contributed by atoms with Crippen molar-refractivity contribution in [3.8, 4) is 17.3 Å². The highest BCUT2D eigenvalue weighted by Crippen LogP contribution is 2.29. The molecular weight excluding hydrogens is 322 g/mol. The summed E-state index contributed by atoms with van der Waals surface area (Å²) in [7, 11) is 1.50. The summed E-state index contributed by atoms with van der Waals surface area (Å²) < 4.78 is 10.5. The van der Waals surface area contributed by atoms with Crippen molar-refractivity contribution in [1.82, 2.24) is 25.0 Å². The van der Waals surface area contributed by atoms with Crippen molar-refractivity contribution in [3.63, 3.8) is 0 Å². The Morgan fingerprint density at radius 3 is 2.88 bits per heavy atom. The number of aromatic nitrogens is 4. The molecule has 1 saturated heterocycles. The van der Waals surface area contributed by atoms with Gasteiger partial charge in [0.2, 0.25) is 17.6 Å². The minimum Gasteiger partial charge on any atom is -0.480 e. The van der Waals surface area contributed by atoms with Crippen molar-refractivity contribution in [2.75, 3.05) is 20.2 Å². The highest BCUT2D eigenvalue weighted by molar-refractivity contribution is 5.96. The van der Waals surface area contributed by atoms with Crippen LogP contribution in [0.25, 0.3) is 11.4 Å². The van der Waals surface area contributed by atoms with Gasteiger partial charge in [0, 0.05) is 37.2 Å². The topological polar surface area (TPSA) is 94.2 Å². The zero-order valence-electron chi connectivity index (χ0n) is 13.5. The zero-order chi connectivity index (χ0) is 17.2. The number of pyridine rings is 2. The van der Waals surface area contributed by atoms with Crippen molar-refractivity contribution in [1.29, 1.82) is 0 Å². The van der Waals surface area contributed by atoms with Gasteiger partial charge in [0.1, 0.15) is 5.56 Å². The Balaban J connectivity index is 1.44. The van der Waals surface area contributed by atoms with E-state index in [1.165, 1.54) is 7.11 Å². The molecular formula is C17H15N5O3. The summed E-state index contributed by atoms with van der Waals surface area (Å²) in [5.74, 6) is 1.27. The van der Waals surface area contributed by atoms with Gasteiger partial charge >= 0.3 is 0 Å². The predicted molar refractivity (Wildman–Crippen MR) is 87.0 cm³/mol. The number of methoxy groups -OCH3 is 1. The standard InChI is InChI=1S/C17H15N5O3/c1-24-16-13(5-3-7-19-16)17(23)22-9-12(10-22)15-20-14(21-25-15)11-4-2-6-18-8-11/h2-8,12H,9-10H2,1H3. The highest BCUT2D eigenvalue weighted by atomic mass is 16.5. The molecule has 4 rings (SSSR count). The number of hydrogen-bond donors (Lipinski definition) is 0. The Kier molecular flexibility index (Phi) is 3.85. The molecule has 1 fully saturated rings. The van der Waals surface area contributed by atoms with E-state index < -0.39 is 0 Å². The molecule has 0 bridgehead atoms. The number of rotatable bonds is 4. The van der Waals surface area contributed by atoms with E-state index in [-0.39, 0.29) is 11.8 Å². The minimum atomic E-state index is -0.117. The van der Waals surface area contributed by atoms with E-state index >= 15 is 0 Å². The van der Waals surface area contributed by atoms with Crippen molar-refractivity contribution in [2.45, 2.75) is 5.92 Å². The molecule has 4 heterocycles. The lowest BCUT2D eigenvalue weighted by atomic mass is 9.99. The van der Waals surface area contributed by atoms with Crippen LogP contribution >= 0.6 is 0 Å². The number of ether oxygens (including phenoxy) is 1. The monoisotopic (exact) mass is 337 g/mol. The Labute approximate surface area is 143 Å². The maximum atomic E-state index is 12.5. The fraction of sp³-hybridized carbons (Fsp3) is 0.235. The van der Waals surface area contributed by atoms with Gasteiger partial charge in [-0.15, -0.1) is 0 Å². The SMILES string of the molecule is COc1ncccc1C(=O)N1CC(c2nc(-c3cccnc3)no2)C1. The normalized spacial score (nSPS) is 14.2. The van der Waals surface area contributed by atoms with Crippen LogP contribution in [-0.2, 0) is 0 Å². The molecule has 126 valence electrons. The van der Waals surface area contributed by atoms with E-state index in [1.807, 2.05) is 12.1 Å². The number of hydrogen-bond acceptors (Lipinski definition) is 7. The summed E-state index contributed by atoms with van der Waals surface area (Å²) in [4.78, 5) is 26.8. The second kappa shape index (κ2) is 6.31. The van der Waals surface area contributed by atoms with E-state index in [4.69, 9.17) is 9.26 Å². The molecule has 3 aromatic heterocycles. The van der Waals surface area contributed by atoms with Gasteiger partial charge in [-0.2, -0.15) is 4.98 Å². The molecule has 8 nitrogen and oxygen atoms in total. The summed E-state index contributed by atoms with van der Waals surface area (Å²) in [6, 6.07) is 7.10. The van der Waals surface area contributed by atoms with Gasteiger partial charge in [0.05, 0.1) is 13.0 Å². The molecule has 0 aliphatic carbocycles. The van der Waals surface area contributed by atoms with Crippen molar-refractivity contribution in [2.24, 2.45) is 0 Å². The highest BCUT2D eigenvalue weighted by Gasteiger charge is 2.37. The summed E-state index contributed by atoms with van der Waals surface area (Å²) >= 11 is 0. The first kappa shape index (κ1) is 15.3. The van der Waals surface area contributed by atoms with Gasteiger partial charge in [0.15, 0.2) is 0 Å². The van der Waals surface area contributed by atoms with Crippen LogP contribution in [0.15, 0.2) is 47.4 Å². The smallest absolute Gasteiger partial charge is 0.259 e. The Morgan fingerprint density at radius 1 is 1.28 bits per heavy atom. The third kappa shape index (κ3) is 2.82. The van der Waals surface area contributed by atoms with Crippen molar-refractivity contribution in [3.05, 3.63) is 54.3 Å². The van der Waals surface area contributed by atoms with Gasteiger partial charge in [-0.25, -0.2) is 4.98 Å². The number of carbonyl (C=O) groups is 1. The van der Waals surface area contributed by atoms with E-state index in [0.717, 1.165) is 5.56 Å². The second-order valence-corrected chi connectivity index (χ2v) is 5.67. The zero-order valence-corrected chi connectivity index (χ0v) is 13.5. The Bertz CT molecular complexity index is 890. The number of likely N-dealkylation sites (tertiary alicyclic amines) is 1. The summed E-state index contributed by atoms with van der Waals surface area (Å²) in [6.45, 7) is 1.04. The maximum Gasteiger partial charge on any atom is 0.259 e. The third-order valence-corrected chi connectivity index (χ3v) is 4.07. The lowest BCUT2D eigenvalue weighted by Gasteiger charge is -2.37. The van der Waals surface area contributed by atoms with Gasteiger partial charge in [-0.05, 0) is 24.3 Å². The second-order valence-electron chi connectivity index (χ2n) is 5.67. The molecule has 1 amide bonds. The van der Waals surface area contributed by atoms with Gasteiger partial charge < -0.3 is 14.2 Å². The summed E-state index contributed by atoms with van der Waals surface area (Å²) in [5.41, 5.74) is 1.25. The van der Waals surface area contributed by atoms with Crippen LogP contribution in [-0.4, -0.2) is 51.1 Å². The van der Waals surface area contributed by atoms with Crippen LogP contribution in [0.1, 0.15) is 22.2 Å². The number of carbonyl (C=O) groups excluding carboxylic acids is 1. The lowest BCUT2D eigenvalue weighted by Crippen LogP contribution is -2.48. The van der Waals surface area contributed by atoms with Crippen molar-refractivity contribution < 1.29 is 14.1 Å². The Morgan fingerprint density at radius 2 is 2.12 bits per heavy atom. The van der Waals surface area contributed by atoms with Crippen LogP contribution in [0, 0.1) is 0 Å². The van der Waals surface area contributed by atoms with Gasteiger partial charge in [0.25, 0.3) is 5.91 Å². The summed E-state index contributed by atoms with van der Waals surface area (Å²) in [6.07, 6.45) is 4.96. The number of amides is 1. The first-order chi connectivity index (χ1) is 12.3. The van der Waals surface area contributed by atoms with Gasteiger partial charge in [-0.3, -0.25) is 9.78 Å². The van der Waals surface area contributed by atoms with Crippen LogP contribution < -0.4 is 4.74 Å². The molecule has 0 radical (unpaired) electrons. The van der Waals surface area contributed by atoms with Crippen LogP contribution in [0.2, 0.25) is 0 Å². The quantitative estimate of drug-likeness (QED) is 0.716. The molecule has 3 aromatic rings. The molecule has 0 atom stereocenters. The average Bonchev–Trinajstić information content (AvgIpc) is 3.10. The maximum absolute atomic E-state index is 12.5. The molecule has 1 aliphatic rings. The van der Waals surface area contributed by atoms with Gasteiger partial charge in [-0.1, -0.05) is 5.16 Å². The Hall–Kier alpha value is -3.29. The van der Waals surface area contributed by atoms with E-state index in [2.05, 4.69) is 20.1 Å². The van der Waals surface area contributed by atoms with Crippen LogP contribution in [0.5, 0.6) is 5.88 Å². The average molecular weight is 337 g/mol. The van der Waals surface area contributed by atoms with E-state index in [0.29, 0.717) is 36.2 Å². The first-order valence-electron chi connectivity index (χ1n) is 7.78. The van der Waals surface area contributed by atoms with Crippen molar-refractivity contribution >= 4 is 5.91 Å². The molecule has 0 unspecified atom stereocenters. The first-order valence-corrected chi connectivity index (χ1v) is 7.78. The fourth-order valence-electron chi connectivity index (χ4n) is 2.70. The molecule has 25 heavy (non-hydrogen) atoms. The minimum absolute atomic E-state index is 0.0320. The molecule has 1 aliphatic heterocycles. The molecule has 0 N–H and O–H groups in total. The molecule has 0 saturated carbocycles. The molecule has 0 spiro atoms. The predicted octanol–water partition coefficient (Wildman–Crippen LogP) is 1.77. The van der Waals surface area contributed by atoms with Crippen LogP contribution in [0.4, 0.5) is 0 Å². The lowest BCUT2D eigenvalue weighted by molar-refractivity contribution is 0.0565. The molecule has 0 aromatic carbocycles. The van der Waals surface area contributed by atoms with Crippen LogP contribution in [0.3, 0.4) is 0 Å². The fourth-order valence-corrected chi connectivity index (χ4v) is 2.70. The largest absolute Gasteiger partial charge is 0.480 e.